The van der Waals surface area contributed by atoms with Gasteiger partial charge in [0.25, 0.3) is 0 Å². The maximum atomic E-state index is 6.25. The second-order valence-electron chi connectivity index (χ2n) is 3.84. The van der Waals surface area contributed by atoms with Crippen LogP contribution in [0.25, 0.3) is 0 Å². The summed E-state index contributed by atoms with van der Waals surface area (Å²) in [6.07, 6.45) is 5.31. The first-order chi connectivity index (χ1) is 6.68. The van der Waals surface area contributed by atoms with E-state index in [0.29, 0.717) is 5.92 Å². The third-order valence-electron chi connectivity index (χ3n) is 2.90. The Morgan fingerprint density at radius 1 is 1.33 bits per heavy atom. The minimum atomic E-state index is 0. The smallest absolute Gasteiger partial charge is 0.0843 e. The fraction of sp³-hybridized carbons (Fsp3) is 0.600. The largest absolute Gasteiger partial charge is 0.323 e. The van der Waals surface area contributed by atoms with Crippen molar-refractivity contribution in [2.45, 2.75) is 31.7 Å². The van der Waals surface area contributed by atoms with Crippen LogP contribution in [0.3, 0.4) is 0 Å². The summed E-state index contributed by atoms with van der Waals surface area (Å²) in [5.74, 6) is 0.701. The van der Waals surface area contributed by atoms with Gasteiger partial charge in [0.15, 0.2) is 0 Å². The molecule has 0 amide bonds. The Balaban J connectivity index is 0.00000112. The zero-order valence-electron chi connectivity index (χ0n) is 8.21. The highest BCUT2D eigenvalue weighted by Gasteiger charge is 2.24. The first kappa shape index (κ1) is 14.0. The van der Waals surface area contributed by atoms with Gasteiger partial charge in [0.05, 0.1) is 3.79 Å². The van der Waals surface area contributed by atoms with Gasteiger partial charge in [-0.05, 0) is 56.7 Å². The average Bonchev–Trinajstić information content (AvgIpc) is 2.76. The maximum Gasteiger partial charge on any atom is 0.0843 e. The van der Waals surface area contributed by atoms with Crippen LogP contribution in [-0.2, 0) is 0 Å². The molecule has 0 aromatic carbocycles. The van der Waals surface area contributed by atoms with E-state index in [-0.39, 0.29) is 18.4 Å². The molecular weight excluding hydrogens is 361 g/mol. The molecule has 15 heavy (non-hydrogen) atoms. The van der Waals surface area contributed by atoms with E-state index in [0.717, 1.165) is 8.26 Å². The molecule has 1 nitrogen and oxygen atoms in total. The highest BCUT2D eigenvalue weighted by molar-refractivity contribution is 9.13. The lowest BCUT2D eigenvalue weighted by Gasteiger charge is -2.16. The molecule has 86 valence electrons. The third kappa shape index (κ3) is 3.19. The predicted octanol–water partition coefficient (Wildman–Crippen LogP) is 4.88. The molecule has 2 rings (SSSR count). The van der Waals surface area contributed by atoms with Crippen LogP contribution in [0.2, 0.25) is 0 Å². The van der Waals surface area contributed by atoms with E-state index in [1.54, 1.807) is 11.3 Å². The Labute approximate surface area is 117 Å². The van der Waals surface area contributed by atoms with Crippen molar-refractivity contribution < 1.29 is 0 Å². The van der Waals surface area contributed by atoms with Crippen LogP contribution < -0.4 is 5.73 Å². The minimum Gasteiger partial charge on any atom is -0.323 e. The van der Waals surface area contributed by atoms with Crippen LogP contribution in [-0.4, -0.2) is 0 Å². The monoisotopic (exact) mass is 373 g/mol. The molecule has 1 aliphatic rings. The Bertz CT molecular complexity index is 304. The van der Waals surface area contributed by atoms with Crippen LogP contribution in [0, 0.1) is 5.92 Å². The van der Waals surface area contributed by atoms with Gasteiger partial charge in [-0.15, -0.1) is 23.7 Å². The van der Waals surface area contributed by atoms with Gasteiger partial charge in [0, 0.05) is 15.4 Å². The molecule has 1 fully saturated rings. The summed E-state index contributed by atoms with van der Waals surface area (Å²) in [5.41, 5.74) is 6.25. The van der Waals surface area contributed by atoms with Gasteiger partial charge < -0.3 is 5.73 Å². The molecule has 1 aromatic heterocycles. The molecule has 1 atom stereocenters. The van der Waals surface area contributed by atoms with Gasteiger partial charge in [-0.2, -0.15) is 0 Å². The molecule has 1 saturated carbocycles. The fourth-order valence-corrected chi connectivity index (χ4v) is 4.26. The van der Waals surface area contributed by atoms with E-state index in [1.807, 2.05) is 0 Å². The molecule has 0 bridgehead atoms. The first-order valence-corrected chi connectivity index (χ1v) is 7.29. The van der Waals surface area contributed by atoms with E-state index < -0.39 is 0 Å². The van der Waals surface area contributed by atoms with Crippen LogP contribution in [0.4, 0.5) is 0 Å². The Hall–Kier alpha value is 0.910. The SMILES string of the molecule is Cl.N[C@@H](c1cc(Br)c(Br)s1)C1CCCC1. The van der Waals surface area contributed by atoms with Crippen molar-refractivity contribution in [3.63, 3.8) is 0 Å². The van der Waals surface area contributed by atoms with Gasteiger partial charge in [-0.3, -0.25) is 0 Å². The summed E-state index contributed by atoms with van der Waals surface area (Å²) < 4.78 is 2.28. The third-order valence-corrected chi connectivity index (χ3v) is 6.26. The lowest BCUT2D eigenvalue weighted by molar-refractivity contribution is 0.450. The molecule has 0 saturated heterocycles. The molecule has 0 spiro atoms. The normalized spacial score (nSPS) is 18.9. The molecule has 0 unspecified atom stereocenters. The molecule has 2 N–H and O–H groups in total. The average molecular weight is 376 g/mol. The van der Waals surface area contributed by atoms with Crippen molar-refractivity contribution in [1.29, 1.82) is 0 Å². The molecule has 1 aromatic rings. The lowest BCUT2D eigenvalue weighted by Crippen LogP contribution is -2.17. The summed E-state index contributed by atoms with van der Waals surface area (Å²) in [4.78, 5) is 1.30. The predicted molar refractivity (Wildman–Crippen MR) is 75.9 cm³/mol. The number of nitrogens with two attached hydrogens (primary N) is 1. The first-order valence-electron chi connectivity index (χ1n) is 4.89. The van der Waals surface area contributed by atoms with E-state index in [1.165, 1.54) is 30.6 Å². The van der Waals surface area contributed by atoms with Gasteiger partial charge in [-0.1, -0.05) is 12.8 Å². The second kappa shape index (κ2) is 6.01. The molecule has 1 heterocycles. The highest BCUT2D eigenvalue weighted by Crippen LogP contribution is 2.40. The van der Waals surface area contributed by atoms with Crippen LogP contribution in [0.1, 0.15) is 36.6 Å². The highest BCUT2D eigenvalue weighted by atomic mass is 79.9. The Morgan fingerprint density at radius 2 is 1.93 bits per heavy atom. The number of rotatable bonds is 2. The lowest BCUT2D eigenvalue weighted by atomic mass is 9.98. The quantitative estimate of drug-likeness (QED) is 0.783. The number of hydrogen-bond donors (Lipinski definition) is 1. The van der Waals surface area contributed by atoms with Gasteiger partial charge in [0.1, 0.15) is 0 Å². The number of halogens is 3. The summed E-state index contributed by atoms with van der Waals surface area (Å²) in [6, 6.07) is 2.39. The van der Waals surface area contributed by atoms with Crippen molar-refractivity contribution in [2.24, 2.45) is 11.7 Å². The van der Waals surface area contributed by atoms with Gasteiger partial charge >= 0.3 is 0 Å². The van der Waals surface area contributed by atoms with Crippen LogP contribution in [0.15, 0.2) is 14.3 Å². The summed E-state index contributed by atoms with van der Waals surface area (Å²) in [7, 11) is 0. The van der Waals surface area contributed by atoms with Gasteiger partial charge in [-0.25, -0.2) is 0 Å². The van der Waals surface area contributed by atoms with Crippen LogP contribution >= 0.6 is 55.6 Å². The standard InChI is InChI=1S/C10H13Br2NS.ClH/c11-7-5-8(14-10(7)12)9(13)6-3-1-2-4-6;/h5-6,9H,1-4,13H2;1H/t9-;/m1./s1. The van der Waals surface area contributed by atoms with Crippen molar-refractivity contribution in [2.75, 3.05) is 0 Å². The maximum absolute atomic E-state index is 6.25. The van der Waals surface area contributed by atoms with Crippen molar-refractivity contribution >= 4 is 55.6 Å². The zero-order valence-corrected chi connectivity index (χ0v) is 13.0. The van der Waals surface area contributed by atoms with Crippen molar-refractivity contribution in [3.05, 3.63) is 19.2 Å². The molecular formula is C10H14Br2ClNS. The zero-order chi connectivity index (χ0) is 10.1. The van der Waals surface area contributed by atoms with Gasteiger partial charge in [0.2, 0.25) is 0 Å². The number of thiophene rings is 1. The summed E-state index contributed by atoms with van der Waals surface area (Å²) in [6.45, 7) is 0. The topological polar surface area (TPSA) is 26.0 Å². The Morgan fingerprint density at radius 3 is 2.40 bits per heavy atom. The van der Waals surface area contributed by atoms with E-state index in [9.17, 15) is 0 Å². The summed E-state index contributed by atoms with van der Waals surface area (Å²) >= 11 is 8.76. The van der Waals surface area contributed by atoms with E-state index in [2.05, 4.69) is 37.9 Å². The summed E-state index contributed by atoms with van der Waals surface area (Å²) in [5, 5.41) is 0. The van der Waals surface area contributed by atoms with Crippen molar-refractivity contribution in [3.8, 4) is 0 Å². The minimum absolute atomic E-state index is 0. The molecule has 0 aliphatic heterocycles. The van der Waals surface area contributed by atoms with E-state index >= 15 is 0 Å². The molecule has 5 heteroatoms. The molecule has 0 radical (unpaired) electrons. The second-order valence-corrected chi connectivity index (χ2v) is 7.10. The van der Waals surface area contributed by atoms with Crippen molar-refractivity contribution in [1.82, 2.24) is 0 Å². The Kier molecular flexibility index (Phi) is 5.60. The molecule has 1 aliphatic carbocycles. The van der Waals surface area contributed by atoms with E-state index in [4.69, 9.17) is 5.73 Å². The fourth-order valence-electron chi connectivity index (χ4n) is 2.08. The number of hydrogen-bond acceptors (Lipinski definition) is 2. The van der Waals surface area contributed by atoms with Crippen LogP contribution in [0.5, 0.6) is 0 Å².